The average Bonchev–Trinajstić information content (AvgIpc) is 3.10. The minimum atomic E-state index is -1.12. The number of benzene rings is 2. The highest BCUT2D eigenvalue weighted by atomic mass is 19.1. The van der Waals surface area contributed by atoms with Crippen LogP contribution in [0.25, 0.3) is 22.0 Å². The van der Waals surface area contributed by atoms with Gasteiger partial charge in [0.2, 0.25) is 0 Å². The summed E-state index contributed by atoms with van der Waals surface area (Å²) >= 11 is 0. The summed E-state index contributed by atoms with van der Waals surface area (Å²) in [5.41, 5.74) is 1.92. The number of halogens is 2. The summed E-state index contributed by atoms with van der Waals surface area (Å²) in [6.07, 6.45) is 3.21. The Morgan fingerprint density at radius 1 is 1.00 bits per heavy atom. The quantitative estimate of drug-likeness (QED) is 0.482. The van der Waals surface area contributed by atoms with Gasteiger partial charge in [-0.2, -0.15) is 0 Å². The molecular weight excluding hydrogens is 424 g/mol. The van der Waals surface area contributed by atoms with E-state index in [0.717, 1.165) is 0 Å². The topological polar surface area (TPSA) is 66.3 Å². The molecule has 1 aliphatic heterocycles. The van der Waals surface area contributed by atoms with Crippen molar-refractivity contribution in [2.45, 2.75) is 32.5 Å². The van der Waals surface area contributed by atoms with Crippen molar-refractivity contribution in [1.82, 2.24) is 14.9 Å². The van der Waals surface area contributed by atoms with E-state index in [-0.39, 0.29) is 24.6 Å². The number of hydrogen-bond acceptors (Lipinski definition) is 4. The van der Waals surface area contributed by atoms with Crippen LogP contribution in [0.3, 0.4) is 0 Å². The van der Waals surface area contributed by atoms with Crippen molar-refractivity contribution in [3.8, 4) is 11.1 Å². The van der Waals surface area contributed by atoms with E-state index in [1.165, 1.54) is 17.0 Å². The van der Waals surface area contributed by atoms with Crippen molar-refractivity contribution >= 4 is 16.8 Å². The van der Waals surface area contributed by atoms with Gasteiger partial charge in [0.05, 0.1) is 35.5 Å². The number of nitrogens with zero attached hydrogens (tertiary/aromatic N) is 3. The number of pyridine rings is 2. The van der Waals surface area contributed by atoms with Crippen molar-refractivity contribution in [3.63, 3.8) is 0 Å². The standard InChI is InChI=1S/C26H21F2N3O2/c1-26(2,33)20-8-7-16(17-5-3-10-30-24(17)20)15-11-21(27)19(22(28)12-15)13-31-14-23-18(25(31)32)6-4-9-29-23/h3-12,33H,13-14H2,1-2H3. The van der Waals surface area contributed by atoms with E-state index in [0.29, 0.717) is 38.9 Å². The molecule has 0 saturated carbocycles. The van der Waals surface area contributed by atoms with Crippen LogP contribution in [0.4, 0.5) is 8.78 Å². The average molecular weight is 445 g/mol. The van der Waals surface area contributed by atoms with Gasteiger partial charge in [0.1, 0.15) is 11.6 Å². The number of aromatic nitrogens is 2. The summed E-state index contributed by atoms with van der Waals surface area (Å²) in [7, 11) is 0. The molecule has 0 saturated heterocycles. The van der Waals surface area contributed by atoms with Crippen LogP contribution in [-0.2, 0) is 18.7 Å². The number of rotatable bonds is 4. The number of carbonyl (C=O) groups is 1. The summed E-state index contributed by atoms with van der Waals surface area (Å²) in [6, 6.07) is 12.9. The molecular formula is C26H21F2N3O2. The van der Waals surface area contributed by atoms with Crippen LogP contribution in [0.5, 0.6) is 0 Å². The van der Waals surface area contributed by atoms with E-state index in [1.54, 1.807) is 56.6 Å². The largest absolute Gasteiger partial charge is 0.386 e. The molecule has 3 heterocycles. The fourth-order valence-corrected chi connectivity index (χ4v) is 4.33. The molecule has 5 rings (SSSR count). The van der Waals surface area contributed by atoms with Gasteiger partial charge in [-0.1, -0.05) is 18.2 Å². The summed E-state index contributed by atoms with van der Waals surface area (Å²) in [5.74, 6) is -1.75. The third kappa shape index (κ3) is 3.64. The van der Waals surface area contributed by atoms with Crippen LogP contribution < -0.4 is 0 Å². The van der Waals surface area contributed by atoms with Crippen LogP contribution in [0.1, 0.15) is 41.0 Å². The Morgan fingerprint density at radius 3 is 2.39 bits per heavy atom. The Bertz CT molecular complexity index is 1390. The lowest BCUT2D eigenvalue weighted by Gasteiger charge is -2.21. The third-order valence-corrected chi connectivity index (χ3v) is 5.98. The first-order valence-corrected chi connectivity index (χ1v) is 10.6. The predicted molar refractivity (Wildman–Crippen MR) is 120 cm³/mol. The highest BCUT2D eigenvalue weighted by molar-refractivity contribution is 5.98. The molecule has 0 unspecified atom stereocenters. The second-order valence-electron chi connectivity index (χ2n) is 8.70. The van der Waals surface area contributed by atoms with Crippen molar-refractivity contribution in [2.24, 2.45) is 0 Å². The Morgan fingerprint density at radius 2 is 1.70 bits per heavy atom. The van der Waals surface area contributed by atoms with Crippen molar-refractivity contribution in [1.29, 1.82) is 0 Å². The zero-order chi connectivity index (χ0) is 23.3. The Hall–Kier alpha value is -3.71. The summed E-state index contributed by atoms with van der Waals surface area (Å²) in [5, 5.41) is 11.2. The minimum absolute atomic E-state index is 0.171. The van der Waals surface area contributed by atoms with Gasteiger partial charge in [0.25, 0.3) is 5.91 Å². The maximum absolute atomic E-state index is 15.1. The zero-order valence-corrected chi connectivity index (χ0v) is 18.1. The molecule has 166 valence electrons. The van der Waals surface area contributed by atoms with Crippen molar-refractivity contribution < 1.29 is 18.7 Å². The second kappa shape index (κ2) is 7.71. The molecule has 2 aromatic heterocycles. The van der Waals surface area contributed by atoms with Crippen LogP contribution in [0.2, 0.25) is 0 Å². The molecule has 33 heavy (non-hydrogen) atoms. The molecule has 1 N–H and O–H groups in total. The molecule has 0 spiro atoms. The van der Waals surface area contributed by atoms with Gasteiger partial charge in [-0.3, -0.25) is 14.8 Å². The zero-order valence-electron chi connectivity index (χ0n) is 18.1. The second-order valence-corrected chi connectivity index (χ2v) is 8.70. The maximum atomic E-state index is 15.1. The summed E-state index contributed by atoms with van der Waals surface area (Å²) in [4.78, 5) is 22.5. The summed E-state index contributed by atoms with van der Waals surface area (Å²) in [6.45, 7) is 3.35. The number of fused-ring (bicyclic) bond motifs is 2. The fourth-order valence-electron chi connectivity index (χ4n) is 4.33. The number of carbonyl (C=O) groups excluding carboxylic acids is 1. The normalized spacial score (nSPS) is 13.6. The van der Waals surface area contributed by atoms with Crippen LogP contribution in [-0.4, -0.2) is 25.9 Å². The molecule has 0 fully saturated rings. The van der Waals surface area contributed by atoms with Gasteiger partial charge < -0.3 is 10.0 Å². The van der Waals surface area contributed by atoms with Gasteiger partial charge in [-0.25, -0.2) is 8.78 Å². The predicted octanol–water partition coefficient (Wildman–Crippen LogP) is 4.96. The lowest BCUT2D eigenvalue weighted by Crippen LogP contribution is -2.24. The van der Waals surface area contributed by atoms with Gasteiger partial charge >= 0.3 is 0 Å². The van der Waals surface area contributed by atoms with E-state index >= 15 is 8.78 Å². The van der Waals surface area contributed by atoms with Crippen molar-refractivity contribution in [2.75, 3.05) is 0 Å². The van der Waals surface area contributed by atoms with Crippen LogP contribution in [0.15, 0.2) is 60.9 Å². The molecule has 2 aromatic carbocycles. The maximum Gasteiger partial charge on any atom is 0.256 e. The van der Waals surface area contributed by atoms with Crippen molar-refractivity contribution in [3.05, 3.63) is 94.9 Å². The van der Waals surface area contributed by atoms with E-state index < -0.39 is 17.2 Å². The Kier molecular flexibility index (Phi) is 4.94. The molecule has 0 aliphatic carbocycles. The first-order chi connectivity index (χ1) is 15.7. The lowest BCUT2D eigenvalue weighted by molar-refractivity contribution is 0.0762. The highest BCUT2D eigenvalue weighted by Crippen LogP contribution is 2.35. The van der Waals surface area contributed by atoms with E-state index in [4.69, 9.17) is 0 Å². The molecule has 5 nitrogen and oxygen atoms in total. The lowest BCUT2D eigenvalue weighted by atomic mass is 9.91. The molecule has 4 aromatic rings. The monoisotopic (exact) mass is 445 g/mol. The molecule has 1 amide bonds. The first-order valence-electron chi connectivity index (χ1n) is 10.6. The molecule has 7 heteroatoms. The van der Waals surface area contributed by atoms with Crippen LogP contribution >= 0.6 is 0 Å². The SMILES string of the molecule is CC(C)(O)c1ccc(-c2cc(F)c(CN3Cc4ncccc4C3=O)c(F)c2)c2cccnc12. The first kappa shape index (κ1) is 21.2. The summed E-state index contributed by atoms with van der Waals surface area (Å²) < 4.78 is 30.3. The van der Waals surface area contributed by atoms with E-state index in [1.807, 2.05) is 6.07 Å². The van der Waals surface area contributed by atoms with Gasteiger partial charge in [-0.15, -0.1) is 0 Å². The fraction of sp³-hybridized carbons (Fsp3) is 0.192. The molecule has 0 radical (unpaired) electrons. The molecule has 0 atom stereocenters. The van der Waals surface area contributed by atoms with Gasteiger partial charge in [-0.05, 0) is 55.3 Å². The van der Waals surface area contributed by atoms with E-state index in [2.05, 4.69) is 9.97 Å². The molecule has 0 bridgehead atoms. The third-order valence-electron chi connectivity index (χ3n) is 5.98. The Labute approximate surface area is 189 Å². The Balaban J connectivity index is 1.53. The van der Waals surface area contributed by atoms with Gasteiger partial charge in [0, 0.05) is 28.9 Å². The smallest absolute Gasteiger partial charge is 0.256 e. The number of hydrogen-bond donors (Lipinski definition) is 1. The highest BCUT2D eigenvalue weighted by Gasteiger charge is 2.30. The minimum Gasteiger partial charge on any atom is -0.386 e. The molecule has 1 aliphatic rings. The van der Waals surface area contributed by atoms with E-state index in [9.17, 15) is 9.90 Å². The number of amides is 1. The number of aliphatic hydroxyl groups is 1. The van der Waals surface area contributed by atoms with Crippen LogP contribution in [0, 0.1) is 11.6 Å². The van der Waals surface area contributed by atoms with Gasteiger partial charge in [0.15, 0.2) is 0 Å².